The largest absolute Gasteiger partial charge is 0.261 e. The summed E-state index contributed by atoms with van der Waals surface area (Å²) in [5.74, 6) is 0. The Morgan fingerprint density at radius 2 is 1.22 bits per heavy atom. The number of hydrogen-bond donors (Lipinski definition) is 0. The molecule has 0 saturated heterocycles. The number of rotatable bonds is 5. The van der Waals surface area contributed by atoms with Gasteiger partial charge in [-0.05, 0) is 104 Å². The molecule has 234 valence electrons. The summed E-state index contributed by atoms with van der Waals surface area (Å²) >= 11 is 0. The standard InChI is InChI=1S/C40H26N2.C7H10/c1-5-29(33-7-3-23-41-37(33)9-1)25-11-13-26(14-12-25)30-19-15-27-18-22-36-32(20-16-28-17-21-35(30)39(27)40(28)36)31-6-2-10-38-34(31)8-4-24-42-38;1-4-5-6-7(2)3/h1,3-9,11-24H,2,10H2;4-6H,1-2H2,3H3/b;6-5-. The summed E-state index contributed by atoms with van der Waals surface area (Å²) in [6.45, 7) is 9.11. The van der Waals surface area contributed by atoms with Crippen molar-refractivity contribution in [3.63, 3.8) is 0 Å². The second-order valence-corrected chi connectivity index (χ2v) is 12.7. The lowest BCUT2D eigenvalue weighted by Crippen LogP contribution is -2.03. The third-order valence-corrected chi connectivity index (χ3v) is 9.53. The zero-order chi connectivity index (χ0) is 33.3. The van der Waals surface area contributed by atoms with E-state index in [2.05, 4.69) is 133 Å². The molecule has 0 fully saturated rings. The van der Waals surface area contributed by atoms with Crippen molar-refractivity contribution in [2.75, 3.05) is 0 Å². The highest BCUT2D eigenvalue weighted by Gasteiger charge is 2.19. The van der Waals surface area contributed by atoms with E-state index in [1.165, 1.54) is 82.4 Å². The van der Waals surface area contributed by atoms with Crippen LogP contribution >= 0.6 is 0 Å². The zero-order valence-corrected chi connectivity index (χ0v) is 27.7. The van der Waals surface area contributed by atoms with Crippen molar-refractivity contribution in [3.05, 3.63) is 188 Å². The fourth-order valence-corrected chi connectivity index (χ4v) is 7.31. The number of hydrogen-bond acceptors (Lipinski definition) is 2. The van der Waals surface area contributed by atoms with Crippen molar-refractivity contribution < 1.29 is 0 Å². The maximum absolute atomic E-state index is 4.70. The summed E-state index contributed by atoms with van der Waals surface area (Å²) in [6.07, 6.45) is 13.7. The topological polar surface area (TPSA) is 25.8 Å². The van der Waals surface area contributed by atoms with Crippen LogP contribution in [0.4, 0.5) is 0 Å². The van der Waals surface area contributed by atoms with Crippen LogP contribution in [-0.2, 0) is 6.42 Å². The molecular formula is C47H36N2. The van der Waals surface area contributed by atoms with Crippen LogP contribution in [0, 0.1) is 0 Å². The van der Waals surface area contributed by atoms with E-state index in [4.69, 9.17) is 4.98 Å². The van der Waals surface area contributed by atoms with E-state index < -0.39 is 0 Å². The highest BCUT2D eigenvalue weighted by molar-refractivity contribution is 6.27. The summed E-state index contributed by atoms with van der Waals surface area (Å²) in [6, 6.07) is 42.2. The molecule has 0 amide bonds. The van der Waals surface area contributed by atoms with E-state index in [9.17, 15) is 0 Å². The van der Waals surface area contributed by atoms with E-state index in [1.807, 2.05) is 37.5 Å². The van der Waals surface area contributed by atoms with Crippen LogP contribution in [-0.4, -0.2) is 9.97 Å². The molecule has 0 N–H and O–H groups in total. The fourth-order valence-electron chi connectivity index (χ4n) is 7.31. The van der Waals surface area contributed by atoms with Crippen molar-refractivity contribution in [1.82, 2.24) is 9.97 Å². The molecule has 0 bridgehead atoms. The molecule has 0 radical (unpaired) electrons. The SMILES string of the molecule is C1=C(c2ccc3ccc4c(-c5ccc(-c6cccc7ncccc67)cc5)ccc5ccc2c3c54)c2cccnc2CC1.C=C/C=C\C(=C)C. The number of aromatic nitrogens is 2. The zero-order valence-electron chi connectivity index (χ0n) is 27.7. The van der Waals surface area contributed by atoms with Crippen LogP contribution in [0.1, 0.15) is 30.2 Å². The smallest absolute Gasteiger partial charge is 0.0708 e. The molecular weight excluding hydrogens is 593 g/mol. The Labute approximate surface area is 287 Å². The molecule has 0 saturated carbocycles. The van der Waals surface area contributed by atoms with Crippen molar-refractivity contribution in [1.29, 1.82) is 0 Å². The van der Waals surface area contributed by atoms with E-state index in [-0.39, 0.29) is 0 Å². The molecule has 0 spiro atoms. The average molecular weight is 629 g/mol. The molecule has 0 atom stereocenters. The highest BCUT2D eigenvalue weighted by atomic mass is 14.7. The average Bonchev–Trinajstić information content (AvgIpc) is 3.16. The van der Waals surface area contributed by atoms with E-state index in [1.54, 1.807) is 6.08 Å². The number of aryl methyl sites for hydroxylation is 1. The highest BCUT2D eigenvalue weighted by Crippen LogP contribution is 2.43. The van der Waals surface area contributed by atoms with Crippen molar-refractivity contribution in [3.8, 4) is 22.3 Å². The molecule has 2 heteroatoms. The number of pyridine rings is 2. The molecule has 1 aliphatic carbocycles. The summed E-state index contributed by atoms with van der Waals surface area (Å²) < 4.78 is 0. The van der Waals surface area contributed by atoms with Gasteiger partial charge in [0.15, 0.2) is 0 Å². The minimum Gasteiger partial charge on any atom is -0.261 e. The summed E-state index contributed by atoms with van der Waals surface area (Å²) in [7, 11) is 0. The fraction of sp³-hybridized carbons (Fsp3) is 0.0638. The Hall–Kier alpha value is -6.12. The third-order valence-electron chi connectivity index (χ3n) is 9.53. The number of benzene rings is 6. The van der Waals surface area contributed by atoms with Crippen LogP contribution in [0.5, 0.6) is 0 Å². The van der Waals surface area contributed by atoms with Gasteiger partial charge in [-0.3, -0.25) is 9.97 Å². The lowest BCUT2D eigenvalue weighted by molar-refractivity contribution is 0.921. The van der Waals surface area contributed by atoms with E-state index >= 15 is 0 Å². The van der Waals surface area contributed by atoms with Crippen molar-refractivity contribution in [2.45, 2.75) is 19.8 Å². The Balaban J connectivity index is 0.000000453. The quantitative estimate of drug-likeness (QED) is 0.140. The minimum atomic E-state index is 1.01. The minimum absolute atomic E-state index is 1.01. The predicted octanol–water partition coefficient (Wildman–Crippen LogP) is 12.5. The lowest BCUT2D eigenvalue weighted by Gasteiger charge is -2.21. The summed E-state index contributed by atoms with van der Waals surface area (Å²) in [5, 5.41) is 9.04. The van der Waals surface area contributed by atoms with Gasteiger partial charge in [0.1, 0.15) is 0 Å². The molecule has 2 heterocycles. The molecule has 8 aromatic rings. The van der Waals surface area contributed by atoms with E-state index in [0.29, 0.717) is 0 Å². The van der Waals surface area contributed by atoms with Crippen molar-refractivity contribution in [2.24, 2.45) is 0 Å². The van der Waals surface area contributed by atoms with Gasteiger partial charge in [-0.25, -0.2) is 0 Å². The Bertz CT molecular complexity index is 2580. The van der Waals surface area contributed by atoms with Gasteiger partial charge < -0.3 is 0 Å². The second-order valence-electron chi connectivity index (χ2n) is 12.7. The Morgan fingerprint density at radius 3 is 1.92 bits per heavy atom. The van der Waals surface area contributed by atoms with Gasteiger partial charge >= 0.3 is 0 Å². The van der Waals surface area contributed by atoms with Gasteiger partial charge in [0.05, 0.1) is 5.52 Å². The maximum atomic E-state index is 4.70. The number of fused-ring (bicyclic) bond motifs is 2. The van der Waals surface area contributed by atoms with Gasteiger partial charge in [-0.1, -0.05) is 140 Å². The van der Waals surface area contributed by atoms with Gasteiger partial charge in [0.25, 0.3) is 0 Å². The molecule has 6 aromatic carbocycles. The summed E-state index contributed by atoms with van der Waals surface area (Å²) in [5.41, 5.74) is 12.1. The molecule has 9 rings (SSSR count). The first-order valence-corrected chi connectivity index (χ1v) is 16.9. The van der Waals surface area contributed by atoms with Crippen LogP contribution in [0.25, 0.3) is 71.0 Å². The summed E-state index contributed by atoms with van der Waals surface area (Å²) in [4.78, 5) is 9.25. The van der Waals surface area contributed by atoms with Crippen LogP contribution < -0.4 is 0 Å². The Kier molecular flexibility index (Phi) is 7.91. The van der Waals surface area contributed by atoms with Crippen LogP contribution in [0.15, 0.2) is 171 Å². The molecule has 49 heavy (non-hydrogen) atoms. The molecule has 2 aromatic heterocycles. The monoisotopic (exact) mass is 628 g/mol. The van der Waals surface area contributed by atoms with Gasteiger partial charge in [-0.2, -0.15) is 0 Å². The number of nitrogens with zero attached hydrogens (tertiary/aromatic N) is 2. The third kappa shape index (κ3) is 5.52. The lowest BCUT2D eigenvalue weighted by atomic mass is 9.84. The maximum Gasteiger partial charge on any atom is 0.0708 e. The van der Waals surface area contributed by atoms with Crippen LogP contribution in [0.2, 0.25) is 0 Å². The molecule has 1 aliphatic rings. The first kappa shape index (κ1) is 30.2. The first-order chi connectivity index (χ1) is 24.1. The Morgan fingerprint density at radius 1 is 0.612 bits per heavy atom. The molecule has 0 aliphatic heterocycles. The normalized spacial score (nSPS) is 12.6. The van der Waals surface area contributed by atoms with Crippen LogP contribution in [0.3, 0.4) is 0 Å². The number of allylic oxidation sites excluding steroid dienone is 5. The van der Waals surface area contributed by atoms with Crippen molar-refractivity contribution >= 4 is 48.8 Å². The van der Waals surface area contributed by atoms with Gasteiger partial charge in [-0.15, -0.1) is 0 Å². The predicted molar refractivity (Wildman–Crippen MR) is 210 cm³/mol. The second kappa shape index (κ2) is 12.8. The van der Waals surface area contributed by atoms with Gasteiger partial charge in [0.2, 0.25) is 0 Å². The van der Waals surface area contributed by atoms with E-state index in [0.717, 1.165) is 23.9 Å². The molecule has 0 unspecified atom stereocenters. The first-order valence-electron chi connectivity index (χ1n) is 16.9. The van der Waals surface area contributed by atoms with Gasteiger partial charge in [0, 0.05) is 29.0 Å². The molecule has 2 nitrogen and oxygen atoms in total.